The van der Waals surface area contributed by atoms with Gasteiger partial charge in [0.25, 0.3) is 0 Å². The first kappa shape index (κ1) is 19.1. The molecule has 0 aromatic heterocycles. The summed E-state index contributed by atoms with van der Waals surface area (Å²) in [5.74, 6) is 4.61. The van der Waals surface area contributed by atoms with Crippen LogP contribution in [0.3, 0.4) is 0 Å². The highest BCUT2D eigenvalue weighted by Crippen LogP contribution is 2.46. The summed E-state index contributed by atoms with van der Waals surface area (Å²) >= 11 is 4.28. The van der Waals surface area contributed by atoms with Crippen LogP contribution < -0.4 is 4.74 Å². The second-order valence-electron chi connectivity index (χ2n) is 6.49. The summed E-state index contributed by atoms with van der Waals surface area (Å²) < 4.78 is 6.37. The lowest BCUT2D eigenvalue weighted by atomic mass is 10.0. The number of unbranched alkanes of at least 4 members (excludes halogenated alkanes) is 4. The monoisotopic (exact) mass is 352 g/mol. The summed E-state index contributed by atoms with van der Waals surface area (Å²) in [6.07, 6.45) is 9.34. The highest BCUT2D eigenvalue weighted by molar-refractivity contribution is 8.16. The van der Waals surface area contributed by atoms with Crippen LogP contribution in [0.25, 0.3) is 0 Å². The maximum absolute atomic E-state index is 5.76. The third-order valence-corrected chi connectivity index (χ3v) is 7.65. The van der Waals surface area contributed by atoms with Gasteiger partial charge in [-0.05, 0) is 48.0 Å². The Hall–Kier alpha value is -0.280. The standard InChI is InChI=1S/C20H32OS2/c1-3-5-7-8-9-17-15-22-20(23-16-17)18-10-12-19(13-11-18)21-14-6-4-2/h10-13,17,20H,3-9,14-16H2,1-2H3. The highest BCUT2D eigenvalue weighted by atomic mass is 32.2. The first-order chi connectivity index (χ1) is 11.3. The maximum atomic E-state index is 5.76. The van der Waals surface area contributed by atoms with E-state index in [9.17, 15) is 0 Å². The van der Waals surface area contributed by atoms with Gasteiger partial charge >= 0.3 is 0 Å². The molecule has 0 bridgehead atoms. The van der Waals surface area contributed by atoms with Crippen LogP contribution in [0, 0.1) is 5.92 Å². The second kappa shape index (κ2) is 11.3. The van der Waals surface area contributed by atoms with Crippen LogP contribution in [-0.4, -0.2) is 18.1 Å². The van der Waals surface area contributed by atoms with Crippen molar-refractivity contribution in [2.45, 2.75) is 63.4 Å². The Bertz CT molecular complexity index is 410. The van der Waals surface area contributed by atoms with E-state index in [0.717, 1.165) is 24.7 Å². The van der Waals surface area contributed by atoms with Crippen molar-refractivity contribution >= 4 is 23.5 Å². The van der Waals surface area contributed by atoms with Crippen molar-refractivity contribution in [3.63, 3.8) is 0 Å². The van der Waals surface area contributed by atoms with Crippen LogP contribution in [0.15, 0.2) is 24.3 Å². The molecule has 0 spiro atoms. The Morgan fingerprint density at radius 2 is 1.61 bits per heavy atom. The van der Waals surface area contributed by atoms with Gasteiger partial charge in [-0.2, -0.15) is 0 Å². The van der Waals surface area contributed by atoms with Crippen LogP contribution in [0.1, 0.15) is 68.9 Å². The van der Waals surface area contributed by atoms with E-state index < -0.39 is 0 Å². The Balaban J connectivity index is 1.70. The number of ether oxygens (including phenoxy) is 1. The van der Waals surface area contributed by atoms with E-state index in [4.69, 9.17) is 4.74 Å². The minimum atomic E-state index is 0.617. The minimum absolute atomic E-state index is 0.617. The number of thioether (sulfide) groups is 2. The first-order valence-electron chi connectivity index (χ1n) is 9.29. The van der Waals surface area contributed by atoms with Crippen molar-refractivity contribution < 1.29 is 4.74 Å². The van der Waals surface area contributed by atoms with Crippen molar-refractivity contribution in [2.24, 2.45) is 5.92 Å². The molecule has 0 N–H and O–H groups in total. The summed E-state index contributed by atoms with van der Waals surface area (Å²) in [6, 6.07) is 8.80. The molecular formula is C20H32OS2. The highest BCUT2D eigenvalue weighted by Gasteiger charge is 2.23. The molecule has 1 fully saturated rings. The van der Waals surface area contributed by atoms with E-state index in [1.165, 1.54) is 55.6 Å². The fourth-order valence-corrected chi connectivity index (χ4v) is 5.99. The van der Waals surface area contributed by atoms with Gasteiger partial charge in [0.2, 0.25) is 0 Å². The molecule has 0 atom stereocenters. The third kappa shape index (κ3) is 7.01. The Morgan fingerprint density at radius 1 is 0.913 bits per heavy atom. The lowest BCUT2D eigenvalue weighted by molar-refractivity contribution is 0.309. The molecule has 3 heteroatoms. The number of benzene rings is 1. The van der Waals surface area contributed by atoms with Gasteiger partial charge in [-0.15, -0.1) is 23.5 Å². The Kier molecular flexibility index (Phi) is 9.36. The van der Waals surface area contributed by atoms with Gasteiger partial charge in [0.05, 0.1) is 11.2 Å². The van der Waals surface area contributed by atoms with Gasteiger partial charge < -0.3 is 4.74 Å². The smallest absolute Gasteiger partial charge is 0.119 e. The van der Waals surface area contributed by atoms with Crippen LogP contribution in [0.4, 0.5) is 0 Å². The molecule has 0 saturated carbocycles. The maximum Gasteiger partial charge on any atom is 0.119 e. The third-order valence-electron chi connectivity index (χ3n) is 4.35. The molecule has 0 unspecified atom stereocenters. The summed E-state index contributed by atoms with van der Waals surface area (Å²) in [6.45, 7) is 5.32. The van der Waals surface area contributed by atoms with Gasteiger partial charge in [-0.1, -0.05) is 58.1 Å². The largest absolute Gasteiger partial charge is 0.494 e. The van der Waals surface area contributed by atoms with E-state index >= 15 is 0 Å². The number of rotatable bonds is 10. The molecule has 2 rings (SSSR count). The van der Waals surface area contributed by atoms with E-state index in [1.54, 1.807) is 0 Å². The van der Waals surface area contributed by atoms with Crippen LogP contribution in [0.2, 0.25) is 0 Å². The van der Waals surface area contributed by atoms with Gasteiger partial charge in [-0.3, -0.25) is 0 Å². The van der Waals surface area contributed by atoms with Crippen molar-refractivity contribution in [1.29, 1.82) is 0 Å². The van der Waals surface area contributed by atoms with Crippen molar-refractivity contribution in [3.05, 3.63) is 29.8 Å². The topological polar surface area (TPSA) is 9.23 Å². The average Bonchev–Trinajstić information content (AvgIpc) is 2.60. The van der Waals surface area contributed by atoms with Gasteiger partial charge in [0.15, 0.2) is 0 Å². The molecular weight excluding hydrogens is 320 g/mol. The van der Waals surface area contributed by atoms with E-state index in [2.05, 4.69) is 61.6 Å². The first-order valence-corrected chi connectivity index (χ1v) is 11.4. The SMILES string of the molecule is CCCCCCC1CSC(c2ccc(OCCCC)cc2)SC1. The quantitative estimate of drug-likeness (QED) is 0.422. The number of hydrogen-bond donors (Lipinski definition) is 0. The molecule has 1 nitrogen and oxygen atoms in total. The zero-order chi connectivity index (χ0) is 16.3. The second-order valence-corrected chi connectivity index (χ2v) is 9.06. The molecule has 1 aromatic rings. The van der Waals surface area contributed by atoms with Crippen LogP contribution >= 0.6 is 23.5 Å². The fraction of sp³-hybridized carbons (Fsp3) is 0.700. The Labute approximate surface area is 151 Å². The molecule has 1 heterocycles. The predicted octanol–water partition coefficient (Wildman–Crippen LogP) is 6.93. The molecule has 1 saturated heterocycles. The molecule has 1 aromatic carbocycles. The summed E-state index contributed by atoms with van der Waals surface area (Å²) in [5.41, 5.74) is 1.45. The van der Waals surface area contributed by atoms with Crippen molar-refractivity contribution in [3.8, 4) is 5.75 Å². The van der Waals surface area contributed by atoms with Crippen LogP contribution in [0.5, 0.6) is 5.75 Å². The van der Waals surface area contributed by atoms with Gasteiger partial charge in [0.1, 0.15) is 5.75 Å². The minimum Gasteiger partial charge on any atom is -0.494 e. The van der Waals surface area contributed by atoms with Crippen molar-refractivity contribution in [2.75, 3.05) is 18.1 Å². The molecule has 1 aliphatic rings. The number of hydrogen-bond acceptors (Lipinski definition) is 3. The lowest BCUT2D eigenvalue weighted by Gasteiger charge is -2.28. The lowest BCUT2D eigenvalue weighted by Crippen LogP contribution is -2.14. The predicted molar refractivity (Wildman–Crippen MR) is 107 cm³/mol. The molecule has 130 valence electrons. The van der Waals surface area contributed by atoms with Crippen LogP contribution in [-0.2, 0) is 0 Å². The summed E-state index contributed by atoms with van der Waals surface area (Å²) in [7, 11) is 0. The molecule has 0 amide bonds. The van der Waals surface area contributed by atoms with Gasteiger partial charge in [-0.25, -0.2) is 0 Å². The molecule has 23 heavy (non-hydrogen) atoms. The molecule has 1 aliphatic heterocycles. The molecule has 0 aliphatic carbocycles. The van der Waals surface area contributed by atoms with E-state index in [-0.39, 0.29) is 0 Å². The fourth-order valence-electron chi connectivity index (χ4n) is 2.82. The molecule has 0 radical (unpaired) electrons. The summed E-state index contributed by atoms with van der Waals surface area (Å²) in [5, 5.41) is 0. The summed E-state index contributed by atoms with van der Waals surface area (Å²) in [4.78, 5) is 0. The van der Waals surface area contributed by atoms with Gasteiger partial charge in [0, 0.05) is 0 Å². The Morgan fingerprint density at radius 3 is 2.26 bits per heavy atom. The average molecular weight is 353 g/mol. The zero-order valence-corrected chi connectivity index (χ0v) is 16.4. The normalized spacial score (nSPS) is 21.3. The van der Waals surface area contributed by atoms with Crippen molar-refractivity contribution in [1.82, 2.24) is 0 Å². The van der Waals surface area contributed by atoms with E-state index in [0.29, 0.717) is 4.58 Å². The van der Waals surface area contributed by atoms with E-state index in [1.807, 2.05) is 0 Å². The zero-order valence-electron chi connectivity index (χ0n) is 14.8.